The molecule has 1 aliphatic heterocycles. The summed E-state index contributed by atoms with van der Waals surface area (Å²) in [4.78, 5) is 6.18. The number of sulfone groups is 2. The largest absolute Gasteiger partial charge is 0.360 e. The number of rotatable bonds is 4. The summed E-state index contributed by atoms with van der Waals surface area (Å²) in [5, 5.41) is 0.271. The monoisotopic (exact) mass is 428 g/mol. The third kappa shape index (κ3) is 4.20. The van der Waals surface area contributed by atoms with Crippen LogP contribution in [0.2, 0.25) is 0 Å². The molecule has 0 saturated carbocycles. The van der Waals surface area contributed by atoms with Crippen molar-refractivity contribution in [3.63, 3.8) is 0 Å². The Hall–Kier alpha value is -1.45. The lowest BCUT2D eigenvalue weighted by molar-refractivity contribution is 0.357. The van der Waals surface area contributed by atoms with Crippen molar-refractivity contribution in [2.24, 2.45) is 11.8 Å². The molecule has 6 nitrogen and oxygen atoms in total. The van der Waals surface area contributed by atoms with Crippen LogP contribution in [0.15, 0.2) is 38.5 Å². The van der Waals surface area contributed by atoms with Gasteiger partial charge in [-0.2, -0.15) is 0 Å². The number of aromatic nitrogens is 1. The maximum absolute atomic E-state index is 13.2. The van der Waals surface area contributed by atoms with Crippen LogP contribution in [0.1, 0.15) is 25.8 Å². The van der Waals surface area contributed by atoms with Gasteiger partial charge in [0.25, 0.3) is 0 Å². The number of anilines is 1. The van der Waals surface area contributed by atoms with Gasteiger partial charge in [-0.1, -0.05) is 42.9 Å². The van der Waals surface area contributed by atoms with E-state index in [1.165, 1.54) is 12.1 Å². The Balaban J connectivity index is 2.16. The third-order valence-electron chi connectivity index (χ3n) is 4.62. The molecule has 2 heterocycles. The van der Waals surface area contributed by atoms with Gasteiger partial charge in [-0.05, 0) is 37.3 Å². The molecular formula is C18H24N2O4S3. The van der Waals surface area contributed by atoms with Crippen LogP contribution in [-0.2, 0) is 19.7 Å². The lowest BCUT2D eigenvalue weighted by Crippen LogP contribution is -2.38. The minimum atomic E-state index is -3.92. The third-order valence-corrected chi connectivity index (χ3v) is 9.23. The van der Waals surface area contributed by atoms with Gasteiger partial charge in [-0.3, -0.25) is 0 Å². The second-order valence-electron chi connectivity index (χ2n) is 7.53. The Labute approximate surface area is 165 Å². The highest BCUT2D eigenvalue weighted by Gasteiger charge is 2.34. The highest BCUT2D eigenvalue weighted by atomic mass is 32.2. The van der Waals surface area contributed by atoms with Crippen LogP contribution in [-0.4, -0.2) is 41.2 Å². The fourth-order valence-corrected chi connectivity index (χ4v) is 7.14. The summed E-state index contributed by atoms with van der Waals surface area (Å²) in [6.07, 6.45) is 2.12. The Kier molecular flexibility index (Phi) is 5.39. The molecule has 1 aromatic carbocycles. The molecule has 9 heteroatoms. The lowest BCUT2D eigenvalue weighted by atomic mass is 9.92. The van der Waals surface area contributed by atoms with Crippen molar-refractivity contribution in [2.75, 3.05) is 24.2 Å². The van der Waals surface area contributed by atoms with Gasteiger partial charge in [-0.25, -0.2) is 21.8 Å². The topological polar surface area (TPSA) is 84.4 Å². The molecular weight excluding hydrogens is 404 g/mol. The van der Waals surface area contributed by atoms with Crippen LogP contribution in [0.5, 0.6) is 0 Å². The minimum absolute atomic E-state index is 0.123. The van der Waals surface area contributed by atoms with Crippen LogP contribution in [0, 0.1) is 18.8 Å². The summed E-state index contributed by atoms with van der Waals surface area (Å²) in [5.41, 5.74) is 0.947. The van der Waals surface area contributed by atoms with Gasteiger partial charge >= 0.3 is 0 Å². The Morgan fingerprint density at radius 2 is 1.59 bits per heavy atom. The summed E-state index contributed by atoms with van der Waals surface area (Å²) in [7, 11) is -7.52. The first kappa shape index (κ1) is 20.3. The quantitative estimate of drug-likeness (QED) is 0.744. The molecule has 148 valence electrons. The standard InChI is InChI=1S/C18H24N2O4S3/c1-12-5-7-15(8-6-12)27(23,24)16-17(25-18(19-16)26(4,21)22)20-10-13(2)9-14(3)11-20/h5-8,13-14H,9-11H2,1-4H3/t13-,14+. The SMILES string of the molecule is Cc1ccc(S(=O)(=O)c2nc(S(C)(=O)=O)sc2N2C[C@H](C)C[C@H](C)C2)cc1. The van der Waals surface area contributed by atoms with Gasteiger partial charge < -0.3 is 4.90 Å². The van der Waals surface area contributed by atoms with Crippen LogP contribution in [0.4, 0.5) is 5.00 Å². The summed E-state index contributed by atoms with van der Waals surface area (Å²) >= 11 is 0.949. The second-order valence-corrected chi connectivity index (χ2v) is 12.6. The summed E-state index contributed by atoms with van der Waals surface area (Å²) < 4.78 is 50.4. The average Bonchev–Trinajstić information content (AvgIpc) is 3.00. The van der Waals surface area contributed by atoms with Crippen LogP contribution in [0.25, 0.3) is 0 Å². The van der Waals surface area contributed by atoms with Gasteiger partial charge in [0.05, 0.1) is 4.90 Å². The summed E-state index contributed by atoms with van der Waals surface area (Å²) in [5.74, 6) is 0.792. The number of piperidine rings is 1. The van der Waals surface area contributed by atoms with Crippen molar-refractivity contribution in [3.05, 3.63) is 29.8 Å². The molecule has 0 amide bonds. The molecule has 2 atom stereocenters. The fraction of sp³-hybridized carbons (Fsp3) is 0.500. The van der Waals surface area contributed by atoms with Gasteiger partial charge in [-0.15, -0.1) is 0 Å². The van der Waals surface area contributed by atoms with E-state index in [-0.39, 0.29) is 14.3 Å². The lowest BCUT2D eigenvalue weighted by Gasteiger charge is -2.35. The van der Waals surface area contributed by atoms with Crippen LogP contribution >= 0.6 is 11.3 Å². The van der Waals surface area contributed by atoms with Crippen LogP contribution < -0.4 is 4.90 Å². The molecule has 0 unspecified atom stereocenters. The zero-order chi connectivity index (χ0) is 20.0. The summed E-state index contributed by atoms with van der Waals surface area (Å²) in [6, 6.07) is 6.52. The normalized spacial score (nSPS) is 21.4. The van der Waals surface area contributed by atoms with E-state index in [0.717, 1.165) is 29.6 Å². The number of nitrogens with zero attached hydrogens (tertiary/aromatic N) is 2. The molecule has 2 aromatic rings. The zero-order valence-electron chi connectivity index (χ0n) is 15.8. The maximum atomic E-state index is 13.2. The predicted octanol–water partition coefficient (Wildman–Crippen LogP) is 3.17. The predicted molar refractivity (Wildman–Crippen MR) is 107 cm³/mol. The minimum Gasteiger partial charge on any atom is -0.360 e. The van der Waals surface area contributed by atoms with Crippen molar-refractivity contribution >= 4 is 36.0 Å². The van der Waals surface area contributed by atoms with E-state index in [2.05, 4.69) is 18.8 Å². The Morgan fingerprint density at radius 1 is 1.04 bits per heavy atom. The smallest absolute Gasteiger partial charge is 0.226 e. The van der Waals surface area contributed by atoms with E-state index < -0.39 is 19.7 Å². The first-order chi connectivity index (χ1) is 12.5. The van der Waals surface area contributed by atoms with Crippen molar-refractivity contribution in [1.29, 1.82) is 0 Å². The van der Waals surface area contributed by atoms with Gasteiger partial charge in [0, 0.05) is 19.3 Å². The van der Waals surface area contributed by atoms with Gasteiger partial charge in [0.15, 0.2) is 5.03 Å². The van der Waals surface area contributed by atoms with Gasteiger partial charge in [0.2, 0.25) is 24.0 Å². The number of hydrogen-bond donors (Lipinski definition) is 0. The number of aryl methyl sites for hydroxylation is 1. The van der Waals surface area contributed by atoms with Crippen LogP contribution in [0.3, 0.4) is 0 Å². The van der Waals surface area contributed by atoms with E-state index in [9.17, 15) is 16.8 Å². The molecule has 27 heavy (non-hydrogen) atoms. The van der Waals surface area contributed by atoms with E-state index in [4.69, 9.17) is 0 Å². The number of hydrogen-bond acceptors (Lipinski definition) is 7. The molecule has 1 saturated heterocycles. The number of benzene rings is 1. The first-order valence-electron chi connectivity index (χ1n) is 8.76. The second kappa shape index (κ2) is 7.18. The maximum Gasteiger partial charge on any atom is 0.226 e. The van der Waals surface area contributed by atoms with Crippen molar-refractivity contribution in [2.45, 2.75) is 41.5 Å². The Morgan fingerprint density at radius 3 is 2.11 bits per heavy atom. The van der Waals surface area contributed by atoms with E-state index >= 15 is 0 Å². The molecule has 0 bridgehead atoms. The molecule has 1 aliphatic rings. The molecule has 0 N–H and O–H groups in total. The first-order valence-corrected chi connectivity index (χ1v) is 12.9. The molecule has 3 rings (SSSR count). The van der Waals surface area contributed by atoms with Crippen molar-refractivity contribution in [1.82, 2.24) is 4.98 Å². The fourth-order valence-electron chi connectivity index (χ4n) is 3.47. The van der Waals surface area contributed by atoms with E-state index in [0.29, 0.717) is 29.9 Å². The van der Waals surface area contributed by atoms with E-state index in [1.807, 2.05) is 11.8 Å². The molecule has 1 aromatic heterocycles. The Bertz CT molecular complexity index is 1030. The number of thiazole rings is 1. The highest BCUT2D eigenvalue weighted by molar-refractivity contribution is 7.93. The molecule has 0 aliphatic carbocycles. The molecule has 1 fully saturated rings. The zero-order valence-corrected chi connectivity index (χ0v) is 18.3. The van der Waals surface area contributed by atoms with Crippen molar-refractivity contribution < 1.29 is 16.8 Å². The van der Waals surface area contributed by atoms with Crippen molar-refractivity contribution in [3.8, 4) is 0 Å². The van der Waals surface area contributed by atoms with E-state index in [1.54, 1.807) is 12.1 Å². The molecule has 0 radical (unpaired) electrons. The highest BCUT2D eigenvalue weighted by Crippen LogP contribution is 2.39. The summed E-state index contributed by atoms with van der Waals surface area (Å²) in [6.45, 7) is 7.49. The van der Waals surface area contributed by atoms with Gasteiger partial charge in [0.1, 0.15) is 5.00 Å². The average molecular weight is 429 g/mol. The molecule has 0 spiro atoms.